The first-order valence-corrected chi connectivity index (χ1v) is 6.57. The van der Waals surface area contributed by atoms with E-state index in [2.05, 4.69) is 26.6 Å². The Morgan fingerprint density at radius 1 is 1.39 bits per heavy atom. The zero-order chi connectivity index (χ0) is 13.8. The molecule has 0 unspecified atom stereocenters. The number of carbonyl (C=O) groups is 1. The number of para-hydroxylation sites is 1. The molecule has 0 aliphatic rings. The average Bonchev–Trinajstić information content (AvgIpc) is 2.21. The summed E-state index contributed by atoms with van der Waals surface area (Å²) in [6.07, 6.45) is 0. The highest BCUT2D eigenvalue weighted by atomic mass is 79.9. The number of amides is 1. The molecule has 0 spiro atoms. The first kappa shape index (κ1) is 15.0. The molecular weight excluding hydrogens is 296 g/mol. The number of hydrogen-bond donors (Lipinski definition) is 3. The molecule has 1 rings (SSSR count). The van der Waals surface area contributed by atoms with Gasteiger partial charge < -0.3 is 15.7 Å². The van der Waals surface area contributed by atoms with Crippen molar-refractivity contribution in [1.82, 2.24) is 10.6 Å². The van der Waals surface area contributed by atoms with Crippen LogP contribution in [0.5, 0.6) is 5.75 Å². The highest BCUT2D eigenvalue weighted by Gasteiger charge is 2.13. The van der Waals surface area contributed by atoms with E-state index in [4.69, 9.17) is 0 Å². The molecule has 0 radical (unpaired) electrons. The van der Waals surface area contributed by atoms with Crippen molar-refractivity contribution in [3.63, 3.8) is 0 Å². The Morgan fingerprint density at radius 3 is 2.67 bits per heavy atom. The standard InChI is InChI=1S/C13H19BrN2O2/c1-13(2,3)16-11(17)8-15-7-9-5-4-6-10(14)12(9)18/h4-6,15,18H,7-8H2,1-3H3,(H,16,17). The van der Waals surface area contributed by atoms with Crippen molar-refractivity contribution in [2.75, 3.05) is 6.54 Å². The molecule has 0 aromatic heterocycles. The first-order valence-electron chi connectivity index (χ1n) is 5.77. The molecule has 3 N–H and O–H groups in total. The Balaban J connectivity index is 2.43. The number of aromatic hydroxyl groups is 1. The molecule has 0 heterocycles. The molecule has 1 aromatic carbocycles. The van der Waals surface area contributed by atoms with Gasteiger partial charge in [-0.25, -0.2) is 0 Å². The van der Waals surface area contributed by atoms with E-state index in [1.54, 1.807) is 6.07 Å². The van der Waals surface area contributed by atoms with Crippen LogP contribution in [0, 0.1) is 0 Å². The predicted octanol–water partition coefficient (Wildman–Crippen LogP) is 2.16. The van der Waals surface area contributed by atoms with Crippen molar-refractivity contribution < 1.29 is 9.90 Å². The van der Waals surface area contributed by atoms with Crippen LogP contribution in [0.4, 0.5) is 0 Å². The molecule has 0 fully saturated rings. The van der Waals surface area contributed by atoms with Crippen LogP contribution in [0.15, 0.2) is 22.7 Å². The number of nitrogens with one attached hydrogen (secondary N) is 2. The summed E-state index contributed by atoms with van der Waals surface area (Å²) in [5.41, 5.74) is 0.532. The lowest BCUT2D eigenvalue weighted by Gasteiger charge is -2.20. The molecule has 18 heavy (non-hydrogen) atoms. The van der Waals surface area contributed by atoms with E-state index in [1.165, 1.54) is 0 Å². The molecule has 0 aliphatic carbocycles. The number of hydrogen-bond acceptors (Lipinski definition) is 3. The van der Waals surface area contributed by atoms with Gasteiger partial charge >= 0.3 is 0 Å². The summed E-state index contributed by atoms with van der Waals surface area (Å²) >= 11 is 3.25. The smallest absolute Gasteiger partial charge is 0.234 e. The number of halogens is 1. The minimum atomic E-state index is -0.226. The average molecular weight is 315 g/mol. The van der Waals surface area contributed by atoms with Crippen molar-refractivity contribution in [3.8, 4) is 5.75 Å². The third kappa shape index (κ3) is 5.06. The quantitative estimate of drug-likeness (QED) is 0.798. The summed E-state index contributed by atoms with van der Waals surface area (Å²) in [7, 11) is 0. The van der Waals surface area contributed by atoms with Gasteiger partial charge in [0, 0.05) is 17.6 Å². The Bertz CT molecular complexity index is 427. The first-order chi connectivity index (χ1) is 8.29. The van der Waals surface area contributed by atoms with Crippen LogP contribution in [-0.4, -0.2) is 23.1 Å². The van der Waals surface area contributed by atoms with Crippen LogP contribution >= 0.6 is 15.9 Å². The normalized spacial score (nSPS) is 11.3. The van der Waals surface area contributed by atoms with E-state index < -0.39 is 0 Å². The number of benzene rings is 1. The Hall–Kier alpha value is -1.07. The Kier molecular flexibility index (Phi) is 5.16. The second-order valence-corrected chi connectivity index (χ2v) is 6.00. The minimum Gasteiger partial charge on any atom is -0.506 e. The van der Waals surface area contributed by atoms with E-state index >= 15 is 0 Å². The predicted molar refractivity (Wildman–Crippen MR) is 75.4 cm³/mol. The summed E-state index contributed by atoms with van der Waals surface area (Å²) in [5, 5.41) is 15.6. The third-order valence-corrected chi connectivity index (χ3v) is 2.83. The zero-order valence-corrected chi connectivity index (χ0v) is 12.5. The maximum atomic E-state index is 11.6. The van der Waals surface area contributed by atoms with Crippen molar-refractivity contribution in [2.24, 2.45) is 0 Å². The van der Waals surface area contributed by atoms with E-state index in [-0.39, 0.29) is 23.7 Å². The number of carbonyl (C=O) groups excluding carboxylic acids is 1. The monoisotopic (exact) mass is 314 g/mol. The maximum absolute atomic E-state index is 11.6. The fraction of sp³-hybridized carbons (Fsp3) is 0.462. The van der Waals surface area contributed by atoms with Gasteiger partial charge in [0.05, 0.1) is 11.0 Å². The SMILES string of the molecule is CC(C)(C)NC(=O)CNCc1cccc(Br)c1O. The van der Waals surface area contributed by atoms with Gasteiger partial charge in [-0.1, -0.05) is 12.1 Å². The second kappa shape index (κ2) is 6.20. The summed E-state index contributed by atoms with van der Waals surface area (Å²) in [6.45, 7) is 6.48. The highest BCUT2D eigenvalue weighted by molar-refractivity contribution is 9.10. The number of phenols is 1. The van der Waals surface area contributed by atoms with Gasteiger partial charge in [0.15, 0.2) is 0 Å². The summed E-state index contributed by atoms with van der Waals surface area (Å²) in [4.78, 5) is 11.6. The largest absolute Gasteiger partial charge is 0.506 e. The molecule has 0 saturated carbocycles. The molecule has 1 aromatic rings. The fourth-order valence-corrected chi connectivity index (χ4v) is 1.88. The molecule has 100 valence electrons. The third-order valence-electron chi connectivity index (χ3n) is 2.19. The van der Waals surface area contributed by atoms with Gasteiger partial charge in [0.2, 0.25) is 5.91 Å². The Morgan fingerprint density at radius 2 is 2.06 bits per heavy atom. The number of phenolic OH excluding ortho intramolecular Hbond substituents is 1. The lowest BCUT2D eigenvalue weighted by atomic mass is 10.1. The number of rotatable bonds is 4. The van der Waals surface area contributed by atoms with Crippen molar-refractivity contribution >= 4 is 21.8 Å². The molecule has 5 heteroatoms. The topological polar surface area (TPSA) is 61.4 Å². The van der Waals surface area contributed by atoms with E-state index in [9.17, 15) is 9.90 Å². The van der Waals surface area contributed by atoms with Crippen molar-refractivity contribution in [1.29, 1.82) is 0 Å². The molecule has 0 aliphatic heterocycles. The van der Waals surface area contributed by atoms with Gasteiger partial charge in [-0.3, -0.25) is 4.79 Å². The van der Waals surface area contributed by atoms with Crippen LogP contribution in [0.2, 0.25) is 0 Å². The van der Waals surface area contributed by atoms with Crippen LogP contribution in [0.1, 0.15) is 26.3 Å². The van der Waals surface area contributed by atoms with Crippen molar-refractivity contribution in [2.45, 2.75) is 32.9 Å². The molecule has 4 nitrogen and oxygen atoms in total. The lowest BCUT2D eigenvalue weighted by molar-refractivity contribution is -0.121. The van der Waals surface area contributed by atoms with E-state index in [1.807, 2.05) is 32.9 Å². The minimum absolute atomic E-state index is 0.0583. The van der Waals surface area contributed by atoms with E-state index in [0.29, 0.717) is 11.0 Å². The molecule has 0 atom stereocenters. The van der Waals surface area contributed by atoms with E-state index in [0.717, 1.165) is 5.56 Å². The Labute approximate surface area is 116 Å². The van der Waals surface area contributed by atoms with Crippen LogP contribution in [0.25, 0.3) is 0 Å². The van der Waals surface area contributed by atoms with Gasteiger partial charge in [-0.05, 0) is 42.8 Å². The fourth-order valence-electron chi connectivity index (χ4n) is 1.48. The van der Waals surface area contributed by atoms with Gasteiger partial charge in [0.1, 0.15) is 5.75 Å². The lowest BCUT2D eigenvalue weighted by Crippen LogP contribution is -2.44. The van der Waals surface area contributed by atoms with Crippen LogP contribution in [0.3, 0.4) is 0 Å². The molecule has 1 amide bonds. The molecule has 0 saturated heterocycles. The second-order valence-electron chi connectivity index (χ2n) is 5.15. The summed E-state index contributed by atoms with van der Waals surface area (Å²) < 4.78 is 0.654. The zero-order valence-electron chi connectivity index (χ0n) is 10.9. The van der Waals surface area contributed by atoms with Crippen LogP contribution < -0.4 is 10.6 Å². The van der Waals surface area contributed by atoms with Crippen LogP contribution in [-0.2, 0) is 11.3 Å². The summed E-state index contributed by atoms with van der Waals surface area (Å²) in [5.74, 6) is 0.151. The van der Waals surface area contributed by atoms with Gasteiger partial charge in [-0.2, -0.15) is 0 Å². The summed E-state index contributed by atoms with van der Waals surface area (Å²) in [6, 6.07) is 5.43. The van der Waals surface area contributed by atoms with Gasteiger partial charge in [0.25, 0.3) is 0 Å². The molecular formula is C13H19BrN2O2. The van der Waals surface area contributed by atoms with Crippen molar-refractivity contribution in [3.05, 3.63) is 28.2 Å². The maximum Gasteiger partial charge on any atom is 0.234 e. The molecule has 0 bridgehead atoms. The highest BCUT2D eigenvalue weighted by Crippen LogP contribution is 2.26. The van der Waals surface area contributed by atoms with Gasteiger partial charge in [-0.15, -0.1) is 0 Å².